The lowest BCUT2D eigenvalue weighted by molar-refractivity contribution is -0.134. The number of nitrogens with one attached hydrogen (secondary N) is 4. The molecule has 0 radical (unpaired) electrons. The maximum Gasteiger partial charge on any atom is 0.264 e. The van der Waals surface area contributed by atoms with Crippen LogP contribution in [-0.2, 0) is 35.1 Å². The van der Waals surface area contributed by atoms with Crippen LogP contribution in [0.2, 0.25) is 0 Å². The lowest BCUT2D eigenvalue weighted by atomic mass is 10.1. The number of rotatable bonds is 25. The van der Waals surface area contributed by atoms with Crippen molar-refractivity contribution < 1.29 is 43.0 Å². The third kappa shape index (κ3) is 13.6. The van der Waals surface area contributed by atoms with Crippen LogP contribution >= 0.6 is 0 Å². The van der Waals surface area contributed by atoms with Crippen molar-refractivity contribution in [3.8, 4) is 11.3 Å². The monoisotopic (exact) mass is 954 g/mol. The van der Waals surface area contributed by atoms with E-state index in [2.05, 4.69) is 41.1 Å². The van der Waals surface area contributed by atoms with E-state index in [1.165, 1.54) is 7.05 Å². The highest BCUT2D eigenvalue weighted by molar-refractivity contribution is 6.24. The Morgan fingerprint density at radius 1 is 0.800 bits per heavy atom. The number of fused-ring (bicyclic) bond motifs is 1. The Balaban J connectivity index is 0.723. The molecular formula is C51H58N10O9. The topological polar surface area (TPSA) is 227 Å². The molecule has 1 saturated heterocycles. The zero-order chi connectivity index (χ0) is 49.2. The van der Waals surface area contributed by atoms with Crippen LogP contribution in [0.15, 0.2) is 97.5 Å². The second-order valence-electron chi connectivity index (χ2n) is 16.6. The molecule has 0 spiro atoms. The zero-order valence-corrected chi connectivity index (χ0v) is 39.4. The van der Waals surface area contributed by atoms with Gasteiger partial charge in [0, 0.05) is 99.5 Å². The molecule has 5 amide bonds. The summed E-state index contributed by atoms with van der Waals surface area (Å²) in [4.78, 5) is 94.1. The van der Waals surface area contributed by atoms with Crippen molar-refractivity contribution in [1.82, 2.24) is 35.0 Å². The molecule has 70 heavy (non-hydrogen) atoms. The zero-order valence-electron chi connectivity index (χ0n) is 39.4. The number of aromatic nitrogens is 3. The number of imide groups is 1. The molecule has 3 aromatic carbocycles. The van der Waals surface area contributed by atoms with E-state index in [0.29, 0.717) is 95.0 Å². The first kappa shape index (κ1) is 50.4. The predicted molar refractivity (Wildman–Crippen MR) is 262 cm³/mol. The fraction of sp³-hybridized carbons (Fsp3) is 0.353. The van der Waals surface area contributed by atoms with Crippen LogP contribution in [0.1, 0.15) is 61.5 Å². The molecule has 0 bridgehead atoms. The first-order valence-electron chi connectivity index (χ1n) is 23.3. The van der Waals surface area contributed by atoms with Gasteiger partial charge in [-0.05, 0) is 79.1 Å². The minimum Gasteiger partial charge on any atom is -0.382 e. The van der Waals surface area contributed by atoms with Crippen molar-refractivity contribution in [2.75, 3.05) is 95.4 Å². The molecule has 1 fully saturated rings. The van der Waals surface area contributed by atoms with Crippen LogP contribution in [0.5, 0.6) is 0 Å². The molecule has 0 aliphatic carbocycles. The number of ether oxygens (including phenoxy) is 3. The average molecular weight is 955 g/mol. The number of carbonyl (C=O) groups excluding carboxylic acids is 6. The van der Waals surface area contributed by atoms with Crippen molar-refractivity contribution in [3.63, 3.8) is 0 Å². The Morgan fingerprint density at radius 3 is 2.29 bits per heavy atom. The van der Waals surface area contributed by atoms with E-state index in [0.717, 1.165) is 46.1 Å². The summed E-state index contributed by atoms with van der Waals surface area (Å²) >= 11 is 0. The largest absolute Gasteiger partial charge is 0.382 e. The summed E-state index contributed by atoms with van der Waals surface area (Å²) in [6.45, 7) is 7.72. The van der Waals surface area contributed by atoms with E-state index >= 15 is 0 Å². The van der Waals surface area contributed by atoms with E-state index in [1.54, 1.807) is 36.8 Å². The van der Waals surface area contributed by atoms with Crippen LogP contribution in [0, 0.1) is 6.92 Å². The van der Waals surface area contributed by atoms with Crippen LogP contribution in [0.4, 0.5) is 23.0 Å². The second kappa shape index (κ2) is 25.2. The highest BCUT2D eigenvalue weighted by Crippen LogP contribution is 2.31. The smallest absolute Gasteiger partial charge is 0.264 e. The molecule has 2 aromatic heterocycles. The summed E-state index contributed by atoms with van der Waals surface area (Å²) < 4.78 is 16.9. The second-order valence-corrected chi connectivity index (χ2v) is 16.6. The Hall–Kier alpha value is -7.45. The number of aldehydes is 1. The Labute approximate surface area is 406 Å². The van der Waals surface area contributed by atoms with E-state index in [9.17, 15) is 28.8 Å². The van der Waals surface area contributed by atoms with E-state index in [1.807, 2.05) is 72.5 Å². The molecule has 0 saturated carbocycles. The highest BCUT2D eigenvalue weighted by Gasteiger charge is 2.41. The molecule has 19 heteroatoms. The van der Waals surface area contributed by atoms with Gasteiger partial charge >= 0.3 is 0 Å². The Kier molecular flexibility index (Phi) is 18.2. The van der Waals surface area contributed by atoms with Crippen LogP contribution in [-0.4, -0.2) is 151 Å². The van der Waals surface area contributed by atoms with Crippen molar-refractivity contribution >= 4 is 58.8 Å². The molecule has 1 unspecified atom stereocenters. The summed E-state index contributed by atoms with van der Waals surface area (Å²) in [6.07, 6.45) is 5.99. The van der Waals surface area contributed by atoms with Gasteiger partial charge in [0.15, 0.2) is 0 Å². The number of hydrogen-bond acceptors (Lipinski definition) is 15. The van der Waals surface area contributed by atoms with Gasteiger partial charge in [-0.1, -0.05) is 24.3 Å². The third-order valence-electron chi connectivity index (χ3n) is 11.8. The number of amides is 5. The standard InChI is InChI=1S/C51H58N10O9/c1-35-8-13-39(31-44(35)58-51-55-19-16-42(57-51)38-5-4-18-53-32-38)56-48(65)37-11-9-36(10-12-37)33-59-21-23-60(24-22-59)46(64)17-25-68-27-29-70-30-28-69-26-20-54-43-7-3-6-41-47(43)50(67)61(49(41)66)40(34-62)14-15-45(63)52-2/h3-13,16,18-19,31-32,34,40,54H,14-15,17,20-30,33H2,1-2H3,(H,52,63)(H,56,65)(H,55,57,58). The molecule has 19 nitrogen and oxygen atoms in total. The van der Waals surface area contributed by atoms with Crippen LogP contribution < -0.4 is 21.3 Å². The fourth-order valence-corrected chi connectivity index (χ4v) is 7.96. The van der Waals surface area contributed by atoms with Gasteiger partial charge in [0.2, 0.25) is 17.8 Å². The van der Waals surface area contributed by atoms with Gasteiger partial charge in [-0.25, -0.2) is 9.97 Å². The van der Waals surface area contributed by atoms with Crippen molar-refractivity contribution in [3.05, 3.63) is 125 Å². The van der Waals surface area contributed by atoms with Crippen molar-refractivity contribution in [2.24, 2.45) is 0 Å². The molecular weight excluding hydrogens is 897 g/mol. The summed E-state index contributed by atoms with van der Waals surface area (Å²) in [6, 6.07) is 22.7. The van der Waals surface area contributed by atoms with Gasteiger partial charge in [0.1, 0.15) is 6.29 Å². The lowest BCUT2D eigenvalue weighted by Gasteiger charge is -2.34. The van der Waals surface area contributed by atoms with Gasteiger partial charge in [-0.3, -0.25) is 38.8 Å². The molecule has 7 rings (SSSR count). The van der Waals surface area contributed by atoms with E-state index in [-0.39, 0.29) is 48.1 Å². The van der Waals surface area contributed by atoms with Gasteiger partial charge in [-0.2, -0.15) is 0 Å². The number of carbonyl (C=O) groups is 6. The van der Waals surface area contributed by atoms with Gasteiger partial charge in [0.25, 0.3) is 17.7 Å². The molecule has 2 aliphatic heterocycles. The first-order chi connectivity index (χ1) is 34.1. The molecule has 1 atom stereocenters. The summed E-state index contributed by atoms with van der Waals surface area (Å²) in [7, 11) is 1.48. The molecule has 2 aliphatic rings. The molecule has 4 heterocycles. The van der Waals surface area contributed by atoms with Crippen molar-refractivity contribution in [1.29, 1.82) is 0 Å². The summed E-state index contributed by atoms with van der Waals surface area (Å²) in [5, 5.41) is 11.9. The number of nitrogens with zero attached hydrogens (tertiary/aromatic N) is 6. The maximum absolute atomic E-state index is 13.2. The fourth-order valence-electron chi connectivity index (χ4n) is 7.96. The number of benzene rings is 3. The molecule has 366 valence electrons. The summed E-state index contributed by atoms with van der Waals surface area (Å²) in [5.41, 5.74) is 6.46. The predicted octanol–water partition coefficient (Wildman–Crippen LogP) is 4.73. The number of hydrogen-bond donors (Lipinski definition) is 4. The Morgan fingerprint density at radius 2 is 1.56 bits per heavy atom. The number of pyridine rings is 1. The van der Waals surface area contributed by atoms with Gasteiger partial charge in [-0.15, -0.1) is 0 Å². The average Bonchev–Trinajstić information content (AvgIpc) is 3.64. The number of piperazine rings is 1. The quantitative estimate of drug-likeness (QED) is 0.0353. The van der Waals surface area contributed by atoms with E-state index < -0.39 is 17.9 Å². The third-order valence-corrected chi connectivity index (χ3v) is 11.8. The number of aryl methyl sites for hydroxylation is 1. The van der Waals surface area contributed by atoms with Gasteiger partial charge in [0.05, 0.1) is 68.9 Å². The lowest BCUT2D eigenvalue weighted by Crippen LogP contribution is -2.48. The maximum atomic E-state index is 13.2. The minimum atomic E-state index is -1.05. The van der Waals surface area contributed by atoms with Crippen LogP contribution in [0.3, 0.4) is 0 Å². The molecule has 4 N–H and O–H groups in total. The Bertz CT molecular complexity index is 2610. The normalized spacial score (nSPS) is 14.0. The van der Waals surface area contributed by atoms with Gasteiger partial charge < -0.3 is 45.2 Å². The van der Waals surface area contributed by atoms with E-state index in [4.69, 9.17) is 14.2 Å². The van der Waals surface area contributed by atoms with Crippen molar-refractivity contribution in [2.45, 2.75) is 38.8 Å². The summed E-state index contributed by atoms with van der Waals surface area (Å²) in [5.74, 6) is -1.18. The molecule has 5 aromatic rings. The highest BCUT2D eigenvalue weighted by atomic mass is 16.5. The first-order valence-corrected chi connectivity index (χ1v) is 23.3. The number of anilines is 4. The van der Waals surface area contributed by atoms with Crippen LogP contribution in [0.25, 0.3) is 11.3 Å². The minimum absolute atomic E-state index is 0.000977. The SMILES string of the molecule is CNC(=O)CCC(C=O)N1C(=O)c2cccc(NCCOCCOCCOCCC(=O)N3CCN(Cc4ccc(C(=O)Nc5ccc(C)c(Nc6nccc(-c7cccnc7)n6)c5)cc4)CC3)c2C1=O.